The topological polar surface area (TPSA) is 52.0 Å². The molecule has 0 aromatic carbocycles. The van der Waals surface area contributed by atoms with E-state index in [1.54, 1.807) is 0 Å². The summed E-state index contributed by atoms with van der Waals surface area (Å²) in [5.74, 6) is 0. The molecule has 0 aliphatic heterocycles. The molecule has 6 heteroatoms. The van der Waals surface area contributed by atoms with Crippen LogP contribution in [-0.4, -0.2) is 12.1 Å². The van der Waals surface area contributed by atoms with Crippen molar-refractivity contribution in [3.8, 4) is 0 Å². The summed E-state index contributed by atoms with van der Waals surface area (Å²) in [6, 6.07) is 0.562. The third-order valence-electron chi connectivity index (χ3n) is 1.87. The van der Waals surface area contributed by atoms with Gasteiger partial charge in [0.15, 0.2) is 0 Å². The van der Waals surface area contributed by atoms with E-state index in [2.05, 4.69) is 0 Å². The standard InChI is InChI=1S/C6H14N2.Au.3ClH/c7-5-3-1-2-4-6(5)8;;;;/h5-6H,1-4,7-8H2;;3*1H/q;+3;;;/p-3/t5-,6+;;;;. The molecule has 0 heterocycles. The minimum absolute atomic E-state index is 0. The monoisotopic (exact) mass is 416 g/mol. The van der Waals surface area contributed by atoms with Crippen LogP contribution in [0.25, 0.3) is 0 Å². The van der Waals surface area contributed by atoms with Crippen molar-refractivity contribution >= 4 is 0 Å². The van der Waals surface area contributed by atoms with Crippen LogP contribution in [-0.2, 0) is 22.4 Å². The van der Waals surface area contributed by atoms with Crippen molar-refractivity contribution in [1.29, 1.82) is 0 Å². The van der Waals surface area contributed by atoms with Crippen LogP contribution in [0.3, 0.4) is 0 Å². The average molecular weight is 418 g/mol. The fourth-order valence-corrected chi connectivity index (χ4v) is 1.19. The molecule has 0 amide bonds. The molecule has 2 nitrogen and oxygen atoms in total. The molecule has 80 valence electrons. The second-order valence-corrected chi connectivity index (χ2v) is 2.61. The van der Waals surface area contributed by atoms with Crippen molar-refractivity contribution in [2.45, 2.75) is 37.8 Å². The summed E-state index contributed by atoms with van der Waals surface area (Å²) in [5.41, 5.74) is 11.3. The van der Waals surface area contributed by atoms with Crippen molar-refractivity contribution < 1.29 is 59.6 Å². The van der Waals surface area contributed by atoms with Crippen LogP contribution in [0.2, 0.25) is 0 Å². The van der Waals surface area contributed by atoms with Gasteiger partial charge in [0.2, 0.25) is 0 Å². The van der Waals surface area contributed by atoms with Crippen LogP contribution in [0.4, 0.5) is 0 Å². The molecule has 0 saturated heterocycles. The van der Waals surface area contributed by atoms with Gasteiger partial charge in [0.1, 0.15) is 0 Å². The van der Waals surface area contributed by atoms with E-state index >= 15 is 0 Å². The first-order valence-electron chi connectivity index (χ1n) is 3.32. The number of nitrogens with two attached hydrogens (primary N) is 2. The van der Waals surface area contributed by atoms with E-state index in [1.807, 2.05) is 0 Å². The third-order valence-corrected chi connectivity index (χ3v) is 1.87. The van der Waals surface area contributed by atoms with Gasteiger partial charge in [0, 0.05) is 12.1 Å². The molecular weight excluding hydrogens is 403 g/mol. The molecule has 1 fully saturated rings. The minimum atomic E-state index is 0. The van der Waals surface area contributed by atoms with Crippen LogP contribution in [0.15, 0.2) is 0 Å². The molecule has 0 aromatic rings. The molecule has 4 N–H and O–H groups in total. The SMILES string of the molecule is N[C@@H]1CCCC[C@@H]1N.[Au+3].[Cl-].[Cl-].[Cl-]. The van der Waals surface area contributed by atoms with E-state index in [0.29, 0.717) is 0 Å². The molecule has 1 saturated carbocycles. The van der Waals surface area contributed by atoms with Gasteiger partial charge in [-0.3, -0.25) is 0 Å². The number of rotatable bonds is 0. The van der Waals surface area contributed by atoms with E-state index < -0.39 is 0 Å². The van der Waals surface area contributed by atoms with Gasteiger partial charge < -0.3 is 48.7 Å². The molecule has 1 aliphatic carbocycles. The van der Waals surface area contributed by atoms with Gasteiger partial charge >= 0.3 is 22.4 Å². The van der Waals surface area contributed by atoms with Gasteiger partial charge in [-0.15, -0.1) is 0 Å². The van der Waals surface area contributed by atoms with Crippen molar-refractivity contribution in [2.24, 2.45) is 11.5 Å². The van der Waals surface area contributed by atoms with Crippen molar-refractivity contribution in [3.05, 3.63) is 0 Å². The van der Waals surface area contributed by atoms with Crippen molar-refractivity contribution in [2.75, 3.05) is 0 Å². The molecule has 2 atom stereocenters. The molecule has 0 aromatic heterocycles. The predicted molar refractivity (Wildman–Crippen MR) is 34.4 cm³/mol. The van der Waals surface area contributed by atoms with E-state index in [-0.39, 0.29) is 71.7 Å². The van der Waals surface area contributed by atoms with Crippen LogP contribution < -0.4 is 48.7 Å². The second kappa shape index (κ2) is 12.5. The maximum Gasteiger partial charge on any atom is 3.00 e. The smallest absolute Gasteiger partial charge is 1.00 e. The van der Waals surface area contributed by atoms with Crippen molar-refractivity contribution in [3.63, 3.8) is 0 Å². The molecule has 1 rings (SSSR count). The predicted octanol–water partition coefficient (Wildman–Crippen LogP) is -8.78. The maximum absolute atomic E-state index is 5.65. The molecule has 0 bridgehead atoms. The molecule has 0 unspecified atom stereocenters. The summed E-state index contributed by atoms with van der Waals surface area (Å²) >= 11 is 0. The van der Waals surface area contributed by atoms with Crippen LogP contribution in [0.1, 0.15) is 25.7 Å². The Kier molecular flexibility index (Phi) is 24.4. The van der Waals surface area contributed by atoms with Crippen LogP contribution >= 0.6 is 0 Å². The van der Waals surface area contributed by atoms with Gasteiger partial charge in [0.25, 0.3) is 0 Å². The molecule has 0 spiro atoms. The first-order chi connectivity index (χ1) is 3.80. The quantitative estimate of drug-likeness (QED) is 0.385. The molecule has 1 aliphatic rings. The van der Waals surface area contributed by atoms with E-state index in [0.717, 1.165) is 12.8 Å². The normalized spacial score (nSPS) is 26.5. The Morgan fingerprint density at radius 1 is 0.750 bits per heavy atom. The van der Waals surface area contributed by atoms with Crippen LogP contribution in [0, 0.1) is 0 Å². The van der Waals surface area contributed by atoms with Crippen LogP contribution in [0.5, 0.6) is 0 Å². The summed E-state index contributed by atoms with van der Waals surface area (Å²) in [6.07, 6.45) is 4.80. The summed E-state index contributed by atoms with van der Waals surface area (Å²) in [7, 11) is 0. The van der Waals surface area contributed by atoms with Gasteiger partial charge in [-0.1, -0.05) is 12.8 Å². The Morgan fingerprint density at radius 3 is 1.17 bits per heavy atom. The summed E-state index contributed by atoms with van der Waals surface area (Å²) in [6.45, 7) is 0. The third kappa shape index (κ3) is 8.14. The number of halogens is 3. The molecular formula is C6H14AuCl3N2. The Labute approximate surface area is 108 Å². The number of hydrogen-bond acceptors (Lipinski definition) is 2. The van der Waals surface area contributed by atoms with Gasteiger partial charge in [0.05, 0.1) is 0 Å². The summed E-state index contributed by atoms with van der Waals surface area (Å²) in [4.78, 5) is 0. The fraction of sp³-hybridized carbons (Fsp3) is 1.00. The summed E-state index contributed by atoms with van der Waals surface area (Å²) in [5, 5.41) is 0. The Bertz CT molecular complexity index is 77.2. The fourth-order valence-electron chi connectivity index (χ4n) is 1.19. The van der Waals surface area contributed by atoms with E-state index in [4.69, 9.17) is 11.5 Å². The number of hydrogen-bond donors (Lipinski definition) is 2. The summed E-state index contributed by atoms with van der Waals surface area (Å²) < 4.78 is 0. The molecule has 12 heavy (non-hydrogen) atoms. The minimum Gasteiger partial charge on any atom is -1.00 e. The van der Waals surface area contributed by atoms with E-state index in [1.165, 1.54) is 12.8 Å². The molecule has 0 radical (unpaired) electrons. The maximum atomic E-state index is 5.65. The zero-order valence-corrected chi connectivity index (χ0v) is 11.0. The van der Waals surface area contributed by atoms with E-state index in [9.17, 15) is 0 Å². The first-order valence-corrected chi connectivity index (χ1v) is 3.32. The average Bonchev–Trinajstić information content (AvgIpc) is 1.77. The first kappa shape index (κ1) is 23.4. The second-order valence-electron chi connectivity index (χ2n) is 2.61. The Morgan fingerprint density at radius 2 is 1.00 bits per heavy atom. The Hall–Kier alpha value is 1.53. The zero-order valence-electron chi connectivity index (χ0n) is 6.57. The van der Waals surface area contributed by atoms with Crippen molar-refractivity contribution in [1.82, 2.24) is 0 Å². The zero-order chi connectivity index (χ0) is 5.98. The largest absolute Gasteiger partial charge is 3.00 e. The van der Waals surface area contributed by atoms with Gasteiger partial charge in [-0.2, -0.15) is 0 Å². The van der Waals surface area contributed by atoms with Gasteiger partial charge in [-0.05, 0) is 12.8 Å². The Balaban J connectivity index is -0.0000000800. The van der Waals surface area contributed by atoms with Gasteiger partial charge in [-0.25, -0.2) is 0 Å².